The molecule has 0 heterocycles. The van der Waals surface area contributed by atoms with Crippen LogP contribution < -0.4 is 16.8 Å². The highest BCUT2D eigenvalue weighted by molar-refractivity contribution is 5.99. The maximum Gasteiger partial charge on any atom is 0.253 e. The van der Waals surface area contributed by atoms with Gasteiger partial charge in [0.25, 0.3) is 5.91 Å². The summed E-state index contributed by atoms with van der Waals surface area (Å²) >= 11 is 0. The van der Waals surface area contributed by atoms with Crippen LogP contribution in [0.1, 0.15) is 49.4 Å². The number of hydrogen-bond acceptors (Lipinski definition) is 3. The van der Waals surface area contributed by atoms with E-state index in [1.54, 1.807) is 18.2 Å². The molecule has 110 valence electrons. The van der Waals surface area contributed by atoms with Gasteiger partial charge in [-0.25, -0.2) is 0 Å². The monoisotopic (exact) mass is 275 g/mol. The van der Waals surface area contributed by atoms with Crippen LogP contribution in [0.4, 0.5) is 11.4 Å². The molecule has 5 N–H and O–H groups in total. The van der Waals surface area contributed by atoms with Crippen molar-refractivity contribution in [1.29, 1.82) is 0 Å². The van der Waals surface area contributed by atoms with Crippen LogP contribution in [0, 0.1) is 11.8 Å². The molecule has 0 aromatic heterocycles. The van der Waals surface area contributed by atoms with E-state index in [9.17, 15) is 4.79 Å². The molecule has 1 fully saturated rings. The molecule has 4 nitrogen and oxygen atoms in total. The van der Waals surface area contributed by atoms with Crippen molar-refractivity contribution in [2.24, 2.45) is 11.8 Å². The third-order valence-corrected chi connectivity index (χ3v) is 4.20. The summed E-state index contributed by atoms with van der Waals surface area (Å²) in [5, 5.41) is 2.96. The number of amides is 1. The largest absolute Gasteiger partial charge is 0.399 e. The second-order valence-corrected chi connectivity index (χ2v) is 6.03. The number of carbonyl (C=O) groups is 1. The van der Waals surface area contributed by atoms with Gasteiger partial charge in [-0.3, -0.25) is 4.79 Å². The van der Waals surface area contributed by atoms with E-state index in [1.165, 1.54) is 25.7 Å². The van der Waals surface area contributed by atoms with Crippen LogP contribution in [0.2, 0.25) is 0 Å². The molecule has 20 heavy (non-hydrogen) atoms. The highest BCUT2D eigenvalue weighted by Crippen LogP contribution is 2.30. The lowest BCUT2D eigenvalue weighted by atomic mass is 9.81. The van der Waals surface area contributed by atoms with E-state index in [1.807, 2.05) is 0 Å². The van der Waals surface area contributed by atoms with Crippen LogP contribution >= 0.6 is 0 Å². The van der Waals surface area contributed by atoms with Crippen molar-refractivity contribution >= 4 is 17.3 Å². The molecule has 0 spiro atoms. The van der Waals surface area contributed by atoms with Crippen molar-refractivity contribution in [1.82, 2.24) is 5.32 Å². The fraction of sp³-hybridized carbons (Fsp3) is 0.562. The summed E-state index contributed by atoms with van der Waals surface area (Å²) in [5.74, 6) is 1.48. The van der Waals surface area contributed by atoms with E-state index in [0.29, 0.717) is 16.9 Å². The minimum absolute atomic E-state index is 0.105. The molecule has 4 heteroatoms. The first-order valence-electron chi connectivity index (χ1n) is 7.49. The van der Waals surface area contributed by atoms with Crippen LogP contribution in [0.5, 0.6) is 0 Å². The van der Waals surface area contributed by atoms with Crippen LogP contribution in [-0.2, 0) is 0 Å². The van der Waals surface area contributed by atoms with Gasteiger partial charge >= 0.3 is 0 Å². The standard InChI is InChI=1S/C16H25N3O/c1-11-3-2-4-12(9-11)7-8-19-16(20)14-6-5-13(17)10-15(14)18/h5-6,10-12H,2-4,7-9,17-18H2,1H3,(H,19,20). The van der Waals surface area contributed by atoms with Gasteiger partial charge in [-0.05, 0) is 42.9 Å². The Kier molecular flexibility index (Phi) is 4.88. The van der Waals surface area contributed by atoms with Gasteiger partial charge in [0.1, 0.15) is 0 Å². The van der Waals surface area contributed by atoms with Crippen molar-refractivity contribution in [3.05, 3.63) is 23.8 Å². The Morgan fingerprint density at radius 3 is 2.85 bits per heavy atom. The predicted octanol–water partition coefficient (Wildman–Crippen LogP) is 2.80. The lowest BCUT2D eigenvalue weighted by Gasteiger charge is -2.26. The molecule has 0 bridgehead atoms. The Balaban J connectivity index is 1.80. The van der Waals surface area contributed by atoms with Crippen molar-refractivity contribution < 1.29 is 4.79 Å². The number of anilines is 2. The fourth-order valence-electron chi connectivity index (χ4n) is 3.09. The topological polar surface area (TPSA) is 81.1 Å². The maximum atomic E-state index is 12.1. The van der Waals surface area contributed by atoms with E-state index in [-0.39, 0.29) is 5.91 Å². The van der Waals surface area contributed by atoms with Gasteiger partial charge in [0.15, 0.2) is 0 Å². The molecular formula is C16H25N3O. The molecule has 2 atom stereocenters. The van der Waals surface area contributed by atoms with E-state index < -0.39 is 0 Å². The fourth-order valence-corrected chi connectivity index (χ4v) is 3.09. The first kappa shape index (κ1) is 14.7. The van der Waals surface area contributed by atoms with Crippen molar-refractivity contribution in [2.75, 3.05) is 18.0 Å². The molecule has 1 aromatic carbocycles. The van der Waals surface area contributed by atoms with Gasteiger partial charge in [0, 0.05) is 17.9 Å². The van der Waals surface area contributed by atoms with Crippen LogP contribution in [0.3, 0.4) is 0 Å². The highest BCUT2D eigenvalue weighted by Gasteiger charge is 2.18. The minimum atomic E-state index is -0.105. The van der Waals surface area contributed by atoms with Crippen molar-refractivity contribution in [3.63, 3.8) is 0 Å². The maximum absolute atomic E-state index is 12.1. The number of nitrogens with two attached hydrogens (primary N) is 2. The Morgan fingerprint density at radius 1 is 1.35 bits per heavy atom. The second-order valence-electron chi connectivity index (χ2n) is 6.03. The van der Waals surface area contributed by atoms with Crippen LogP contribution in [0.25, 0.3) is 0 Å². The molecule has 0 aliphatic heterocycles. The number of hydrogen-bond donors (Lipinski definition) is 3. The smallest absolute Gasteiger partial charge is 0.253 e. The predicted molar refractivity (Wildman–Crippen MR) is 83.3 cm³/mol. The third-order valence-electron chi connectivity index (χ3n) is 4.20. The molecule has 0 radical (unpaired) electrons. The lowest BCUT2D eigenvalue weighted by Crippen LogP contribution is -2.27. The van der Waals surface area contributed by atoms with Crippen molar-refractivity contribution in [3.8, 4) is 0 Å². The van der Waals surface area contributed by atoms with E-state index >= 15 is 0 Å². The van der Waals surface area contributed by atoms with Gasteiger partial charge in [-0.1, -0.05) is 26.2 Å². The zero-order valence-corrected chi connectivity index (χ0v) is 12.2. The number of benzene rings is 1. The van der Waals surface area contributed by atoms with Gasteiger partial charge < -0.3 is 16.8 Å². The summed E-state index contributed by atoms with van der Waals surface area (Å²) in [6, 6.07) is 5.01. The van der Waals surface area contributed by atoms with Crippen LogP contribution in [-0.4, -0.2) is 12.5 Å². The van der Waals surface area contributed by atoms with Gasteiger partial charge in [-0.15, -0.1) is 0 Å². The first-order chi connectivity index (χ1) is 9.56. The number of rotatable bonds is 4. The summed E-state index contributed by atoms with van der Waals surface area (Å²) in [4.78, 5) is 12.1. The molecule has 0 saturated heterocycles. The van der Waals surface area contributed by atoms with Crippen molar-refractivity contribution in [2.45, 2.75) is 39.0 Å². The molecule has 1 aliphatic carbocycles. The normalized spacial score (nSPS) is 22.4. The van der Waals surface area contributed by atoms with E-state index in [2.05, 4.69) is 12.2 Å². The third kappa shape index (κ3) is 3.89. The lowest BCUT2D eigenvalue weighted by molar-refractivity contribution is 0.0950. The van der Waals surface area contributed by atoms with Gasteiger partial charge in [0.05, 0.1) is 5.56 Å². The molecule has 1 saturated carbocycles. The summed E-state index contributed by atoms with van der Waals surface area (Å²) in [5.41, 5.74) is 13.0. The Labute approximate surface area is 120 Å². The second kappa shape index (κ2) is 6.64. The summed E-state index contributed by atoms with van der Waals surface area (Å²) < 4.78 is 0. The van der Waals surface area contributed by atoms with Crippen LogP contribution in [0.15, 0.2) is 18.2 Å². The number of nitrogens with one attached hydrogen (secondary N) is 1. The zero-order chi connectivity index (χ0) is 14.5. The van der Waals surface area contributed by atoms with Gasteiger partial charge in [0.2, 0.25) is 0 Å². The SMILES string of the molecule is CC1CCCC(CCNC(=O)c2ccc(N)cc2N)C1. The van der Waals surface area contributed by atoms with E-state index in [0.717, 1.165) is 24.8 Å². The quantitative estimate of drug-likeness (QED) is 0.739. The number of nitrogen functional groups attached to an aromatic ring is 2. The Morgan fingerprint density at radius 2 is 2.15 bits per heavy atom. The van der Waals surface area contributed by atoms with Gasteiger partial charge in [-0.2, -0.15) is 0 Å². The summed E-state index contributed by atoms with van der Waals surface area (Å²) in [7, 11) is 0. The average molecular weight is 275 g/mol. The Bertz CT molecular complexity index is 473. The molecular weight excluding hydrogens is 250 g/mol. The molecule has 2 unspecified atom stereocenters. The highest BCUT2D eigenvalue weighted by atomic mass is 16.1. The zero-order valence-electron chi connectivity index (χ0n) is 12.2. The summed E-state index contributed by atoms with van der Waals surface area (Å²) in [6.45, 7) is 3.04. The molecule has 2 rings (SSSR count). The molecule has 1 aliphatic rings. The minimum Gasteiger partial charge on any atom is -0.399 e. The average Bonchev–Trinajstić information content (AvgIpc) is 2.38. The first-order valence-corrected chi connectivity index (χ1v) is 7.49. The molecule has 1 aromatic rings. The Hall–Kier alpha value is -1.71. The van der Waals surface area contributed by atoms with E-state index in [4.69, 9.17) is 11.5 Å². The number of carbonyl (C=O) groups excluding carboxylic acids is 1. The summed E-state index contributed by atoms with van der Waals surface area (Å²) in [6.07, 6.45) is 6.32. The molecule has 1 amide bonds.